The Morgan fingerprint density at radius 1 is 1.35 bits per heavy atom. The molecule has 0 unspecified atom stereocenters. The van der Waals surface area contributed by atoms with Gasteiger partial charge in [0.05, 0.1) is 0 Å². The number of nitrogen functional groups attached to an aromatic ring is 1. The minimum absolute atomic E-state index is 0.286. The van der Waals surface area contributed by atoms with E-state index in [-0.39, 0.29) is 5.82 Å². The molecule has 2 aromatic rings. The molecule has 88 valence electrons. The van der Waals surface area contributed by atoms with Crippen LogP contribution in [-0.4, -0.2) is 9.97 Å². The van der Waals surface area contributed by atoms with Crippen molar-refractivity contribution >= 4 is 23.2 Å². The molecule has 17 heavy (non-hydrogen) atoms. The highest BCUT2D eigenvalue weighted by Crippen LogP contribution is 2.23. The number of benzene rings is 1. The molecule has 0 atom stereocenters. The molecule has 0 aliphatic rings. The first kappa shape index (κ1) is 11.7. The van der Waals surface area contributed by atoms with Crippen LogP contribution in [0.2, 0.25) is 5.02 Å². The summed E-state index contributed by atoms with van der Waals surface area (Å²) in [4.78, 5) is 7.85. The third-order valence-corrected chi connectivity index (χ3v) is 2.73. The maximum absolute atomic E-state index is 5.98. The largest absolute Gasteiger partial charge is 0.382 e. The van der Waals surface area contributed by atoms with Crippen LogP contribution in [-0.2, 0) is 6.54 Å². The van der Waals surface area contributed by atoms with Crippen molar-refractivity contribution in [2.45, 2.75) is 13.5 Å². The molecule has 5 heteroatoms. The summed E-state index contributed by atoms with van der Waals surface area (Å²) < 4.78 is 0. The second-order valence-electron chi connectivity index (χ2n) is 3.76. The lowest BCUT2D eigenvalue weighted by atomic mass is 10.1. The fourth-order valence-corrected chi connectivity index (χ4v) is 1.68. The van der Waals surface area contributed by atoms with Crippen LogP contribution in [0, 0.1) is 6.92 Å². The Balaban J connectivity index is 2.10. The first-order valence-electron chi connectivity index (χ1n) is 5.22. The Labute approximate surface area is 105 Å². The van der Waals surface area contributed by atoms with E-state index in [0.29, 0.717) is 17.4 Å². The minimum Gasteiger partial charge on any atom is -0.382 e. The molecule has 0 aliphatic carbocycles. The van der Waals surface area contributed by atoms with Crippen molar-refractivity contribution in [1.29, 1.82) is 0 Å². The van der Waals surface area contributed by atoms with Gasteiger partial charge in [-0.2, -0.15) is 0 Å². The van der Waals surface area contributed by atoms with E-state index in [2.05, 4.69) is 34.3 Å². The molecule has 0 spiro atoms. The summed E-state index contributed by atoms with van der Waals surface area (Å²) in [5.74, 6) is 0.842. The number of anilines is 2. The molecule has 0 bridgehead atoms. The van der Waals surface area contributed by atoms with Crippen molar-refractivity contribution in [3.05, 3.63) is 46.7 Å². The van der Waals surface area contributed by atoms with Gasteiger partial charge in [-0.15, -0.1) is 0 Å². The number of hydrogen-bond acceptors (Lipinski definition) is 4. The monoisotopic (exact) mass is 248 g/mol. The summed E-state index contributed by atoms with van der Waals surface area (Å²) in [6.07, 6.45) is 1.39. The molecule has 0 radical (unpaired) electrons. The number of aryl methyl sites for hydroxylation is 1. The Morgan fingerprint density at radius 2 is 2.18 bits per heavy atom. The zero-order chi connectivity index (χ0) is 12.3. The van der Waals surface area contributed by atoms with Crippen LogP contribution in [0.4, 0.5) is 11.6 Å². The highest BCUT2D eigenvalue weighted by atomic mass is 35.5. The van der Waals surface area contributed by atoms with Crippen LogP contribution >= 0.6 is 11.6 Å². The number of nitrogens with zero attached hydrogens (tertiary/aromatic N) is 2. The molecule has 2 rings (SSSR count). The predicted molar refractivity (Wildman–Crippen MR) is 70.0 cm³/mol. The van der Waals surface area contributed by atoms with Gasteiger partial charge >= 0.3 is 0 Å². The van der Waals surface area contributed by atoms with Crippen LogP contribution in [0.1, 0.15) is 11.1 Å². The first-order valence-corrected chi connectivity index (χ1v) is 5.60. The molecule has 1 aromatic carbocycles. The molecular formula is C12H13ClN4. The maximum Gasteiger partial charge on any atom is 0.150 e. The van der Waals surface area contributed by atoms with Crippen LogP contribution < -0.4 is 11.1 Å². The average molecular weight is 249 g/mol. The van der Waals surface area contributed by atoms with Crippen molar-refractivity contribution in [3.8, 4) is 0 Å². The van der Waals surface area contributed by atoms with E-state index in [9.17, 15) is 0 Å². The number of nitrogens with one attached hydrogen (secondary N) is 1. The van der Waals surface area contributed by atoms with Crippen LogP contribution in [0.25, 0.3) is 0 Å². The van der Waals surface area contributed by atoms with Crippen molar-refractivity contribution in [3.63, 3.8) is 0 Å². The highest BCUT2D eigenvalue weighted by molar-refractivity contribution is 6.35. The Morgan fingerprint density at radius 3 is 2.94 bits per heavy atom. The number of hydrogen-bond donors (Lipinski definition) is 2. The normalized spacial score (nSPS) is 10.2. The SMILES string of the molecule is Cc1cccc(CNc2ncnc(N)c2Cl)c1. The van der Waals surface area contributed by atoms with Gasteiger partial charge < -0.3 is 11.1 Å². The topological polar surface area (TPSA) is 63.8 Å². The molecule has 0 saturated carbocycles. The van der Waals surface area contributed by atoms with E-state index in [1.165, 1.54) is 17.5 Å². The summed E-state index contributed by atoms with van der Waals surface area (Å²) in [7, 11) is 0. The highest BCUT2D eigenvalue weighted by Gasteiger charge is 2.05. The van der Waals surface area contributed by atoms with Crippen LogP contribution in [0.3, 0.4) is 0 Å². The summed E-state index contributed by atoms with van der Waals surface area (Å²) in [6, 6.07) is 8.21. The van der Waals surface area contributed by atoms with Gasteiger partial charge in [0, 0.05) is 6.54 Å². The third-order valence-electron chi connectivity index (χ3n) is 2.36. The Kier molecular flexibility index (Phi) is 3.44. The molecule has 0 saturated heterocycles. The molecule has 3 N–H and O–H groups in total. The standard InChI is InChI=1S/C12H13ClN4/c1-8-3-2-4-9(5-8)6-15-12-10(13)11(14)16-7-17-12/h2-5,7H,6H2,1H3,(H3,14,15,16,17). The molecular weight excluding hydrogens is 236 g/mol. The van der Waals surface area contributed by atoms with E-state index in [1.54, 1.807) is 0 Å². The van der Waals surface area contributed by atoms with Crippen LogP contribution in [0.5, 0.6) is 0 Å². The van der Waals surface area contributed by atoms with Crippen molar-refractivity contribution < 1.29 is 0 Å². The Hall–Kier alpha value is -1.81. The molecule has 0 aliphatic heterocycles. The van der Waals surface area contributed by atoms with E-state index >= 15 is 0 Å². The van der Waals surface area contributed by atoms with Crippen molar-refractivity contribution in [1.82, 2.24) is 9.97 Å². The summed E-state index contributed by atoms with van der Waals surface area (Å²) >= 11 is 5.98. The first-order chi connectivity index (χ1) is 8.16. The van der Waals surface area contributed by atoms with Crippen molar-refractivity contribution in [2.75, 3.05) is 11.1 Å². The quantitative estimate of drug-likeness (QED) is 0.877. The number of halogens is 1. The van der Waals surface area contributed by atoms with Gasteiger partial charge in [-0.1, -0.05) is 41.4 Å². The second kappa shape index (κ2) is 5.01. The maximum atomic E-state index is 5.98. The lowest BCUT2D eigenvalue weighted by Gasteiger charge is -2.08. The summed E-state index contributed by atoms with van der Waals surface area (Å²) in [5, 5.41) is 3.50. The van der Waals surface area contributed by atoms with E-state index < -0.39 is 0 Å². The summed E-state index contributed by atoms with van der Waals surface area (Å²) in [5.41, 5.74) is 7.98. The van der Waals surface area contributed by atoms with Crippen LogP contribution in [0.15, 0.2) is 30.6 Å². The van der Waals surface area contributed by atoms with Gasteiger partial charge in [0.15, 0.2) is 5.82 Å². The van der Waals surface area contributed by atoms with Crippen molar-refractivity contribution in [2.24, 2.45) is 0 Å². The molecule has 1 aromatic heterocycles. The van der Waals surface area contributed by atoms with Gasteiger partial charge in [0.2, 0.25) is 0 Å². The Bertz CT molecular complexity index is 528. The molecule has 0 amide bonds. The molecule has 1 heterocycles. The molecule has 4 nitrogen and oxygen atoms in total. The zero-order valence-corrected chi connectivity index (χ0v) is 10.2. The second-order valence-corrected chi connectivity index (χ2v) is 4.14. The minimum atomic E-state index is 0.286. The third kappa shape index (κ3) is 2.85. The number of aromatic nitrogens is 2. The fourth-order valence-electron chi connectivity index (χ4n) is 1.51. The van der Waals surface area contributed by atoms with E-state index in [0.717, 1.165) is 0 Å². The lowest BCUT2D eigenvalue weighted by Crippen LogP contribution is -2.04. The fraction of sp³-hybridized carbons (Fsp3) is 0.167. The van der Waals surface area contributed by atoms with Gasteiger partial charge in [0.25, 0.3) is 0 Å². The lowest BCUT2D eigenvalue weighted by molar-refractivity contribution is 1.08. The van der Waals surface area contributed by atoms with Gasteiger partial charge in [-0.05, 0) is 12.5 Å². The van der Waals surface area contributed by atoms with E-state index in [4.69, 9.17) is 17.3 Å². The van der Waals surface area contributed by atoms with E-state index in [1.807, 2.05) is 12.1 Å². The number of nitrogens with two attached hydrogens (primary N) is 1. The summed E-state index contributed by atoms with van der Waals surface area (Å²) in [6.45, 7) is 2.71. The number of rotatable bonds is 3. The van der Waals surface area contributed by atoms with Gasteiger partial charge in [0.1, 0.15) is 17.2 Å². The average Bonchev–Trinajstić information content (AvgIpc) is 2.31. The smallest absolute Gasteiger partial charge is 0.150 e. The predicted octanol–water partition coefficient (Wildman–Crippen LogP) is 2.63. The molecule has 0 fully saturated rings. The van der Waals surface area contributed by atoms with Gasteiger partial charge in [-0.25, -0.2) is 9.97 Å². The van der Waals surface area contributed by atoms with Gasteiger partial charge in [-0.3, -0.25) is 0 Å². The zero-order valence-electron chi connectivity index (χ0n) is 9.44.